The summed E-state index contributed by atoms with van der Waals surface area (Å²) in [6.07, 6.45) is -4.34. The Morgan fingerprint density at radius 3 is 2.68 bits per heavy atom. The highest BCUT2D eigenvalue weighted by molar-refractivity contribution is 9.10. The van der Waals surface area contributed by atoms with Crippen molar-refractivity contribution in [1.82, 2.24) is 14.8 Å². The first kappa shape index (κ1) is 13.9. The molecule has 0 spiro atoms. The van der Waals surface area contributed by atoms with Crippen molar-refractivity contribution in [2.45, 2.75) is 12.7 Å². The first-order chi connectivity index (χ1) is 8.86. The molecule has 0 aliphatic rings. The number of alkyl halides is 3. The van der Waals surface area contributed by atoms with Crippen molar-refractivity contribution in [3.63, 3.8) is 0 Å². The predicted molar refractivity (Wildman–Crippen MR) is 67.5 cm³/mol. The second-order valence-electron chi connectivity index (χ2n) is 3.85. The Hall–Kier alpha value is -1.57. The predicted octanol–water partition coefficient (Wildman–Crippen LogP) is 3.21. The Morgan fingerprint density at radius 2 is 2.11 bits per heavy atom. The summed E-state index contributed by atoms with van der Waals surface area (Å²) in [5, 5.41) is 6.87. The van der Waals surface area contributed by atoms with Crippen LogP contribution in [0.25, 0.3) is 0 Å². The number of halogens is 4. The van der Waals surface area contributed by atoms with Gasteiger partial charge in [0.05, 0.1) is 12.1 Å². The molecule has 1 heterocycles. The number of nitrogens with zero attached hydrogens (tertiary/aromatic N) is 3. The molecule has 1 N–H and O–H groups in total. The van der Waals surface area contributed by atoms with E-state index in [1.807, 2.05) is 0 Å². The lowest BCUT2D eigenvalue weighted by Gasteiger charge is -2.10. The molecular formula is C11H10BrF3N4. The van der Waals surface area contributed by atoms with Gasteiger partial charge in [-0.05, 0) is 34.1 Å². The van der Waals surface area contributed by atoms with E-state index in [1.165, 1.54) is 6.07 Å². The molecule has 102 valence electrons. The summed E-state index contributed by atoms with van der Waals surface area (Å²) in [4.78, 5) is 4.08. The average Bonchev–Trinajstić information content (AvgIpc) is 2.64. The van der Waals surface area contributed by atoms with E-state index in [4.69, 9.17) is 0 Å². The van der Waals surface area contributed by atoms with Crippen LogP contribution in [0.15, 0.2) is 29.0 Å². The lowest BCUT2D eigenvalue weighted by atomic mass is 10.2. The lowest BCUT2D eigenvalue weighted by molar-refractivity contribution is -0.137. The van der Waals surface area contributed by atoms with Gasteiger partial charge in [0, 0.05) is 12.7 Å². The van der Waals surface area contributed by atoms with E-state index in [2.05, 4.69) is 31.3 Å². The molecule has 0 saturated heterocycles. The molecule has 0 radical (unpaired) electrons. The van der Waals surface area contributed by atoms with E-state index >= 15 is 0 Å². The van der Waals surface area contributed by atoms with Crippen LogP contribution in [0, 0.1) is 0 Å². The second-order valence-corrected chi connectivity index (χ2v) is 4.56. The van der Waals surface area contributed by atoms with Gasteiger partial charge in [-0.1, -0.05) is 6.07 Å². The Morgan fingerprint density at radius 1 is 1.37 bits per heavy atom. The van der Waals surface area contributed by atoms with Gasteiger partial charge in [0.1, 0.15) is 5.82 Å². The first-order valence-corrected chi connectivity index (χ1v) is 6.12. The first-order valence-electron chi connectivity index (χ1n) is 5.33. The van der Waals surface area contributed by atoms with Crippen molar-refractivity contribution in [2.24, 2.45) is 7.05 Å². The maximum absolute atomic E-state index is 12.5. The van der Waals surface area contributed by atoms with E-state index < -0.39 is 11.7 Å². The Labute approximate surface area is 115 Å². The second kappa shape index (κ2) is 5.20. The van der Waals surface area contributed by atoms with E-state index in [9.17, 15) is 13.2 Å². The van der Waals surface area contributed by atoms with Crippen LogP contribution in [-0.2, 0) is 19.8 Å². The molecule has 2 aromatic rings. The van der Waals surface area contributed by atoms with Gasteiger partial charge in [-0.25, -0.2) is 4.98 Å². The van der Waals surface area contributed by atoms with Gasteiger partial charge in [-0.15, -0.1) is 5.10 Å². The van der Waals surface area contributed by atoms with Gasteiger partial charge >= 0.3 is 6.18 Å². The minimum atomic E-state index is -4.34. The highest BCUT2D eigenvalue weighted by atomic mass is 79.9. The summed E-state index contributed by atoms with van der Waals surface area (Å²) in [5.74, 6) is 0.615. The SMILES string of the molecule is Cn1nc(Br)nc1CNc1cccc(C(F)(F)F)c1. The molecule has 0 aliphatic heterocycles. The third-order valence-corrected chi connectivity index (χ3v) is 2.80. The van der Waals surface area contributed by atoms with Crippen molar-refractivity contribution >= 4 is 21.6 Å². The van der Waals surface area contributed by atoms with Crippen LogP contribution in [0.5, 0.6) is 0 Å². The zero-order chi connectivity index (χ0) is 14.0. The number of nitrogens with one attached hydrogen (secondary N) is 1. The number of benzene rings is 1. The topological polar surface area (TPSA) is 42.7 Å². The van der Waals surface area contributed by atoms with Crippen LogP contribution < -0.4 is 5.32 Å². The molecule has 0 fully saturated rings. The van der Waals surface area contributed by atoms with Gasteiger partial charge in [-0.2, -0.15) is 13.2 Å². The van der Waals surface area contributed by atoms with Gasteiger partial charge in [0.15, 0.2) is 0 Å². The molecule has 1 aromatic heterocycles. The molecule has 0 aliphatic carbocycles. The molecule has 0 saturated carbocycles. The van der Waals surface area contributed by atoms with E-state index in [-0.39, 0.29) is 6.54 Å². The molecule has 19 heavy (non-hydrogen) atoms. The summed E-state index contributed by atoms with van der Waals surface area (Å²) in [6, 6.07) is 5.02. The molecule has 1 aromatic carbocycles. The summed E-state index contributed by atoms with van der Waals surface area (Å²) in [7, 11) is 1.71. The van der Waals surface area contributed by atoms with Crippen LogP contribution in [0.4, 0.5) is 18.9 Å². The number of hydrogen-bond donors (Lipinski definition) is 1. The fourth-order valence-electron chi connectivity index (χ4n) is 1.52. The average molecular weight is 335 g/mol. The molecule has 0 amide bonds. The Bertz CT molecular complexity index is 580. The van der Waals surface area contributed by atoms with Crippen LogP contribution in [0.3, 0.4) is 0 Å². The van der Waals surface area contributed by atoms with Crippen LogP contribution in [-0.4, -0.2) is 14.8 Å². The van der Waals surface area contributed by atoms with E-state index in [0.717, 1.165) is 12.1 Å². The molecule has 0 bridgehead atoms. The smallest absolute Gasteiger partial charge is 0.378 e. The molecule has 2 rings (SSSR count). The maximum atomic E-state index is 12.5. The summed E-state index contributed by atoms with van der Waals surface area (Å²) >= 11 is 3.13. The molecular weight excluding hydrogens is 325 g/mol. The fraction of sp³-hybridized carbons (Fsp3) is 0.273. The van der Waals surface area contributed by atoms with Gasteiger partial charge in [0.25, 0.3) is 0 Å². The van der Waals surface area contributed by atoms with E-state index in [1.54, 1.807) is 17.8 Å². The molecule has 0 unspecified atom stereocenters. The Kier molecular flexibility index (Phi) is 3.79. The minimum absolute atomic E-state index is 0.288. The number of rotatable bonds is 3. The van der Waals surface area contributed by atoms with Crippen LogP contribution in [0.2, 0.25) is 0 Å². The van der Waals surface area contributed by atoms with Crippen molar-refractivity contribution in [3.8, 4) is 0 Å². The number of hydrogen-bond acceptors (Lipinski definition) is 3. The lowest BCUT2D eigenvalue weighted by Crippen LogP contribution is -2.09. The summed E-state index contributed by atoms with van der Waals surface area (Å²) in [5.41, 5.74) is -0.300. The molecule has 0 atom stereocenters. The van der Waals surface area contributed by atoms with Gasteiger partial charge in [-0.3, -0.25) is 4.68 Å². The maximum Gasteiger partial charge on any atom is 0.416 e. The van der Waals surface area contributed by atoms with Crippen LogP contribution in [0.1, 0.15) is 11.4 Å². The van der Waals surface area contributed by atoms with Gasteiger partial charge < -0.3 is 5.32 Å². The Balaban J connectivity index is 2.10. The largest absolute Gasteiger partial charge is 0.416 e. The van der Waals surface area contributed by atoms with E-state index in [0.29, 0.717) is 16.2 Å². The van der Waals surface area contributed by atoms with Gasteiger partial charge in [0.2, 0.25) is 4.73 Å². The molecule has 8 heteroatoms. The zero-order valence-electron chi connectivity index (χ0n) is 9.87. The third kappa shape index (κ3) is 3.46. The van der Waals surface area contributed by atoms with Crippen molar-refractivity contribution in [3.05, 3.63) is 40.4 Å². The third-order valence-electron chi connectivity index (χ3n) is 2.47. The van der Waals surface area contributed by atoms with Crippen molar-refractivity contribution < 1.29 is 13.2 Å². The number of aromatic nitrogens is 3. The van der Waals surface area contributed by atoms with Crippen molar-refractivity contribution in [2.75, 3.05) is 5.32 Å². The zero-order valence-corrected chi connectivity index (χ0v) is 11.5. The monoisotopic (exact) mass is 334 g/mol. The minimum Gasteiger partial charge on any atom is -0.378 e. The normalized spacial score (nSPS) is 11.6. The van der Waals surface area contributed by atoms with Crippen LogP contribution >= 0.6 is 15.9 Å². The highest BCUT2D eigenvalue weighted by Crippen LogP contribution is 2.30. The standard InChI is InChI=1S/C11H10BrF3N4/c1-19-9(17-10(12)18-19)6-16-8-4-2-3-7(5-8)11(13,14)15/h2-5,16H,6H2,1H3. The number of aryl methyl sites for hydroxylation is 1. The number of anilines is 1. The highest BCUT2D eigenvalue weighted by Gasteiger charge is 2.30. The summed E-state index contributed by atoms with van der Waals surface area (Å²) in [6.45, 7) is 0.288. The fourth-order valence-corrected chi connectivity index (χ4v) is 1.97. The molecule has 4 nitrogen and oxygen atoms in total. The van der Waals surface area contributed by atoms with Crippen molar-refractivity contribution in [1.29, 1.82) is 0 Å². The summed E-state index contributed by atoms with van der Waals surface area (Å²) < 4.78 is 39.6. The quantitative estimate of drug-likeness (QED) is 0.937.